The topological polar surface area (TPSA) is 12.5 Å². The fourth-order valence-corrected chi connectivity index (χ4v) is 5.88. The van der Waals surface area contributed by atoms with Gasteiger partial charge >= 0.3 is 0 Å². The van der Waals surface area contributed by atoms with Gasteiger partial charge in [0.25, 0.3) is 0 Å². The molecule has 0 amide bonds. The van der Waals surface area contributed by atoms with Crippen LogP contribution in [0, 0.1) is 5.92 Å². The van der Waals surface area contributed by atoms with Crippen molar-refractivity contribution in [3.05, 3.63) is 42.0 Å². The number of ether oxygens (including phenoxy) is 1. The molecule has 1 aromatic carbocycles. The zero-order valence-corrected chi connectivity index (χ0v) is 15.8. The Morgan fingerprint density at radius 2 is 2.24 bits per heavy atom. The lowest BCUT2D eigenvalue weighted by molar-refractivity contribution is -0.00520. The van der Waals surface area contributed by atoms with Crippen LogP contribution < -0.4 is 4.74 Å². The van der Waals surface area contributed by atoms with Crippen molar-refractivity contribution in [1.29, 1.82) is 0 Å². The molecule has 1 heterocycles. The molecule has 3 atom stereocenters. The van der Waals surface area contributed by atoms with Crippen LogP contribution in [0.4, 0.5) is 0 Å². The van der Waals surface area contributed by atoms with Crippen LogP contribution in [0.15, 0.2) is 30.9 Å². The van der Waals surface area contributed by atoms with Gasteiger partial charge in [0.1, 0.15) is 5.75 Å². The van der Waals surface area contributed by atoms with Crippen LogP contribution >= 0.6 is 0 Å². The molecule has 3 aliphatic rings. The van der Waals surface area contributed by atoms with Crippen molar-refractivity contribution in [2.75, 3.05) is 19.7 Å². The zero-order chi connectivity index (χ0) is 17.3. The number of likely N-dealkylation sites (tertiary alicyclic amines) is 1. The van der Waals surface area contributed by atoms with Crippen molar-refractivity contribution in [1.82, 2.24) is 4.90 Å². The molecule has 0 N–H and O–H groups in total. The number of fused-ring (bicyclic) bond motifs is 1. The Balaban J connectivity index is 1.68. The van der Waals surface area contributed by atoms with E-state index in [1.165, 1.54) is 51.5 Å². The molecule has 2 aliphatic carbocycles. The van der Waals surface area contributed by atoms with E-state index in [0.717, 1.165) is 31.2 Å². The second-order valence-corrected chi connectivity index (χ2v) is 8.33. The average Bonchev–Trinajstić information content (AvgIpc) is 2.64. The molecule has 1 saturated carbocycles. The molecule has 2 fully saturated rings. The van der Waals surface area contributed by atoms with E-state index >= 15 is 0 Å². The number of piperidine rings is 1. The second kappa shape index (κ2) is 7.15. The molecule has 1 aliphatic heterocycles. The van der Waals surface area contributed by atoms with E-state index in [4.69, 9.17) is 4.74 Å². The van der Waals surface area contributed by atoms with Gasteiger partial charge in [-0.05, 0) is 67.8 Å². The van der Waals surface area contributed by atoms with Gasteiger partial charge in [0.2, 0.25) is 0 Å². The van der Waals surface area contributed by atoms with Gasteiger partial charge in [-0.25, -0.2) is 0 Å². The average molecular weight is 340 g/mol. The van der Waals surface area contributed by atoms with Crippen LogP contribution in [-0.2, 0) is 11.8 Å². The number of benzene rings is 1. The van der Waals surface area contributed by atoms with E-state index in [-0.39, 0.29) is 0 Å². The summed E-state index contributed by atoms with van der Waals surface area (Å²) in [6, 6.07) is 7.71. The summed E-state index contributed by atoms with van der Waals surface area (Å²) >= 11 is 0. The van der Waals surface area contributed by atoms with Gasteiger partial charge in [-0.2, -0.15) is 0 Å². The summed E-state index contributed by atoms with van der Waals surface area (Å²) in [7, 11) is 0. The van der Waals surface area contributed by atoms with E-state index in [9.17, 15) is 0 Å². The summed E-state index contributed by atoms with van der Waals surface area (Å²) in [5.41, 5.74) is 3.64. The monoisotopic (exact) mass is 339 g/mol. The molecule has 2 bridgehead atoms. The van der Waals surface area contributed by atoms with Crippen molar-refractivity contribution in [3.63, 3.8) is 0 Å². The fraction of sp³-hybridized carbons (Fsp3) is 0.652. The van der Waals surface area contributed by atoms with E-state index < -0.39 is 0 Å². The predicted octanol–water partition coefficient (Wildman–Crippen LogP) is 5.11. The molecule has 2 heteroatoms. The minimum absolute atomic E-state index is 0.415. The summed E-state index contributed by atoms with van der Waals surface area (Å²) in [5.74, 6) is 1.92. The lowest BCUT2D eigenvalue weighted by Crippen LogP contribution is -2.60. The first-order chi connectivity index (χ1) is 12.3. The Kier molecular flexibility index (Phi) is 4.90. The molecule has 0 spiro atoms. The van der Waals surface area contributed by atoms with Gasteiger partial charge in [0.05, 0.1) is 6.61 Å². The maximum Gasteiger partial charge on any atom is 0.119 e. The number of hydrogen-bond donors (Lipinski definition) is 0. The van der Waals surface area contributed by atoms with E-state index in [1.54, 1.807) is 11.1 Å². The second-order valence-electron chi connectivity index (χ2n) is 8.33. The Labute approximate surface area is 153 Å². The van der Waals surface area contributed by atoms with Crippen LogP contribution in [0.3, 0.4) is 0 Å². The zero-order valence-electron chi connectivity index (χ0n) is 15.8. The molecule has 1 saturated heterocycles. The van der Waals surface area contributed by atoms with Gasteiger partial charge in [0, 0.05) is 18.0 Å². The first kappa shape index (κ1) is 17.1. The summed E-state index contributed by atoms with van der Waals surface area (Å²) < 4.78 is 6.06. The van der Waals surface area contributed by atoms with Crippen molar-refractivity contribution in [2.24, 2.45) is 5.92 Å². The number of nitrogens with zero attached hydrogens (tertiary/aromatic N) is 1. The maximum absolute atomic E-state index is 6.06. The fourth-order valence-electron chi connectivity index (χ4n) is 5.88. The Morgan fingerprint density at radius 3 is 3.08 bits per heavy atom. The molecule has 2 nitrogen and oxygen atoms in total. The minimum Gasteiger partial charge on any atom is -0.494 e. The maximum atomic E-state index is 6.06. The van der Waals surface area contributed by atoms with Gasteiger partial charge in [-0.1, -0.05) is 38.3 Å². The summed E-state index contributed by atoms with van der Waals surface area (Å²) in [6.45, 7) is 9.34. The van der Waals surface area contributed by atoms with Crippen molar-refractivity contribution >= 4 is 0 Å². The SMILES string of the molecule is C=CCN1CCC23CCCCC2C1Cc1ccc(OCCCC)cc13. The first-order valence-corrected chi connectivity index (χ1v) is 10.4. The third-order valence-electron chi connectivity index (χ3n) is 7.05. The van der Waals surface area contributed by atoms with Crippen molar-refractivity contribution < 1.29 is 4.74 Å². The highest BCUT2D eigenvalue weighted by molar-refractivity contribution is 5.45. The number of hydrogen-bond acceptors (Lipinski definition) is 2. The minimum atomic E-state index is 0.415. The molecule has 25 heavy (non-hydrogen) atoms. The molecular weight excluding hydrogens is 306 g/mol. The van der Waals surface area contributed by atoms with Crippen molar-refractivity contribution in [2.45, 2.75) is 69.7 Å². The molecule has 136 valence electrons. The van der Waals surface area contributed by atoms with Crippen LogP contribution in [0.5, 0.6) is 5.75 Å². The largest absolute Gasteiger partial charge is 0.494 e. The highest BCUT2D eigenvalue weighted by Gasteiger charge is 2.53. The van der Waals surface area contributed by atoms with Crippen LogP contribution in [0.25, 0.3) is 0 Å². The van der Waals surface area contributed by atoms with Crippen molar-refractivity contribution in [3.8, 4) is 5.75 Å². The quantitative estimate of drug-likeness (QED) is 0.527. The van der Waals surface area contributed by atoms with Gasteiger partial charge in [-0.3, -0.25) is 4.90 Å². The number of unbranched alkanes of at least 4 members (excludes halogenated alkanes) is 1. The summed E-state index contributed by atoms with van der Waals surface area (Å²) in [5, 5.41) is 0. The Bertz CT molecular complexity index is 625. The number of rotatable bonds is 6. The summed E-state index contributed by atoms with van der Waals surface area (Å²) in [4.78, 5) is 2.70. The molecule has 1 aromatic rings. The van der Waals surface area contributed by atoms with E-state index in [2.05, 4.69) is 42.7 Å². The normalized spacial score (nSPS) is 31.1. The van der Waals surface area contributed by atoms with Crippen LogP contribution in [0.1, 0.15) is 63.0 Å². The molecule has 3 unspecified atom stereocenters. The van der Waals surface area contributed by atoms with E-state index in [1.807, 2.05) is 0 Å². The predicted molar refractivity (Wildman–Crippen MR) is 104 cm³/mol. The third kappa shape index (κ3) is 2.93. The van der Waals surface area contributed by atoms with Gasteiger partial charge in [-0.15, -0.1) is 6.58 Å². The third-order valence-corrected chi connectivity index (χ3v) is 7.05. The summed E-state index contributed by atoms with van der Waals surface area (Å²) in [6.07, 6.45) is 12.5. The highest BCUT2D eigenvalue weighted by Crippen LogP contribution is 2.56. The smallest absolute Gasteiger partial charge is 0.119 e. The lowest BCUT2D eigenvalue weighted by atomic mass is 9.52. The Hall–Kier alpha value is -1.28. The van der Waals surface area contributed by atoms with E-state index in [0.29, 0.717) is 11.5 Å². The molecular formula is C23H33NO. The van der Waals surface area contributed by atoms with Gasteiger partial charge in [0.15, 0.2) is 0 Å². The standard InChI is InChI=1S/C23H33NO/c1-3-5-15-25-19-10-9-18-16-22-20-8-6-7-11-23(20,21(18)17-19)12-14-24(22)13-4-2/h4,9-10,17,20,22H,2-3,5-8,11-16H2,1H3. The molecule has 0 aromatic heterocycles. The molecule has 0 radical (unpaired) electrons. The van der Waals surface area contributed by atoms with Crippen LogP contribution in [-0.4, -0.2) is 30.6 Å². The molecule has 4 rings (SSSR count). The lowest BCUT2D eigenvalue weighted by Gasteiger charge is -2.59. The Morgan fingerprint density at radius 1 is 1.32 bits per heavy atom. The van der Waals surface area contributed by atoms with Crippen LogP contribution in [0.2, 0.25) is 0 Å². The highest BCUT2D eigenvalue weighted by atomic mass is 16.5. The van der Waals surface area contributed by atoms with Gasteiger partial charge < -0.3 is 4.74 Å². The first-order valence-electron chi connectivity index (χ1n) is 10.4.